The second-order valence-corrected chi connectivity index (χ2v) is 3.48. The van der Waals surface area contributed by atoms with E-state index in [4.69, 9.17) is 0 Å². The van der Waals surface area contributed by atoms with Gasteiger partial charge in [-0.1, -0.05) is 15.9 Å². The molecule has 0 radical (unpaired) electrons. The molecule has 82 valence electrons. The van der Waals surface area contributed by atoms with Crippen LogP contribution in [0.25, 0.3) is 0 Å². The minimum atomic E-state index is -0.960. The molecule has 0 atom stereocenters. The number of halogens is 3. The van der Waals surface area contributed by atoms with Crippen molar-refractivity contribution in [2.24, 2.45) is 0 Å². The molecule has 0 aliphatic heterocycles. The number of rotatable bonds is 3. The summed E-state index contributed by atoms with van der Waals surface area (Å²) in [4.78, 5) is 11.0. The summed E-state index contributed by atoms with van der Waals surface area (Å²) < 4.78 is 30.2. The third-order valence-electron chi connectivity index (χ3n) is 1.95. The molecule has 1 aromatic carbocycles. The molecule has 0 aromatic heterocycles. The lowest BCUT2D eigenvalue weighted by atomic mass is 10.1. The van der Waals surface area contributed by atoms with Crippen molar-refractivity contribution in [1.29, 1.82) is 0 Å². The first kappa shape index (κ1) is 12.1. The zero-order chi connectivity index (χ0) is 11.4. The van der Waals surface area contributed by atoms with Crippen LogP contribution in [0.5, 0.6) is 0 Å². The highest BCUT2D eigenvalue weighted by molar-refractivity contribution is 9.08. The van der Waals surface area contributed by atoms with Crippen LogP contribution < -0.4 is 0 Å². The molecule has 0 saturated heterocycles. The van der Waals surface area contributed by atoms with Crippen LogP contribution in [0, 0.1) is 11.6 Å². The van der Waals surface area contributed by atoms with Crippen LogP contribution in [0.2, 0.25) is 0 Å². The molecule has 1 aromatic rings. The van der Waals surface area contributed by atoms with Crippen molar-refractivity contribution in [3.63, 3.8) is 0 Å². The van der Waals surface area contributed by atoms with E-state index < -0.39 is 17.6 Å². The summed E-state index contributed by atoms with van der Waals surface area (Å²) >= 11 is 3.14. The van der Waals surface area contributed by atoms with Crippen LogP contribution in [-0.4, -0.2) is 13.1 Å². The summed E-state index contributed by atoms with van der Waals surface area (Å²) in [5.41, 5.74) is 0.969. The fourth-order valence-electron chi connectivity index (χ4n) is 1.15. The van der Waals surface area contributed by atoms with Crippen LogP contribution in [0.3, 0.4) is 0 Å². The van der Waals surface area contributed by atoms with E-state index in [1.54, 1.807) is 0 Å². The van der Waals surface area contributed by atoms with Gasteiger partial charge in [0.1, 0.15) is 0 Å². The number of methoxy groups -OCH3 is 1. The van der Waals surface area contributed by atoms with Gasteiger partial charge in [0.25, 0.3) is 0 Å². The van der Waals surface area contributed by atoms with Crippen molar-refractivity contribution in [3.05, 3.63) is 34.9 Å². The summed E-state index contributed by atoms with van der Waals surface area (Å²) in [5, 5.41) is 0.358. The molecule has 0 N–H and O–H groups in total. The van der Waals surface area contributed by atoms with Gasteiger partial charge < -0.3 is 4.74 Å². The predicted octanol–water partition coefficient (Wildman–Crippen LogP) is 2.58. The van der Waals surface area contributed by atoms with Gasteiger partial charge >= 0.3 is 5.97 Å². The van der Waals surface area contributed by atoms with Gasteiger partial charge in [-0.25, -0.2) is 8.78 Å². The predicted molar refractivity (Wildman–Crippen MR) is 54.7 cm³/mol. The molecule has 2 nitrogen and oxygen atoms in total. The first-order chi connectivity index (χ1) is 7.08. The van der Waals surface area contributed by atoms with Crippen LogP contribution >= 0.6 is 15.9 Å². The molecule has 0 unspecified atom stereocenters. The molecular weight excluding hydrogens is 270 g/mol. The third kappa shape index (κ3) is 2.99. The molecule has 0 saturated carbocycles. The molecular formula is C10H9BrF2O2. The van der Waals surface area contributed by atoms with Crippen LogP contribution in [0.4, 0.5) is 8.78 Å². The summed E-state index contributed by atoms with van der Waals surface area (Å²) in [7, 11) is 1.25. The number of carbonyl (C=O) groups excluding carboxylic acids is 1. The van der Waals surface area contributed by atoms with Gasteiger partial charge in [0.15, 0.2) is 11.6 Å². The second kappa shape index (κ2) is 5.21. The number of hydrogen-bond donors (Lipinski definition) is 0. The Morgan fingerprint density at radius 2 is 1.87 bits per heavy atom. The van der Waals surface area contributed by atoms with E-state index in [1.807, 2.05) is 0 Å². The first-order valence-electron chi connectivity index (χ1n) is 4.18. The van der Waals surface area contributed by atoms with Crippen molar-refractivity contribution in [2.75, 3.05) is 7.11 Å². The van der Waals surface area contributed by atoms with E-state index in [2.05, 4.69) is 20.7 Å². The highest BCUT2D eigenvalue weighted by Crippen LogP contribution is 2.18. The minimum Gasteiger partial charge on any atom is -0.469 e. The summed E-state index contributed by atoms with van der Waals surface area (Å²) in [6.45, 7) is 0. The van der Waals surface area contributed by atoms with E-state index in [1.165, 1.54) is 7.11 Å². The molecule has 0 spiro atoms. The van der Waals surface area contributed by atoms with Gasteiger partial charge in [-0.2, -0.15) is 0 Å². The first-order valence-corrected chi connectivity index (χ1v) is 5.30. The minimum absolute atomic E-state index is 0.0609. The number of esters is 1. The molecule has 0 aliphatic carbocycles. The van der Waals surface area contributed by atoms with Crippen molar-refractivity contribution < 1.29 is 18.3 Å². The lowest BCUT2D eigenvalue weighted by molar-refractivity contribution is -0.139. The van der Waals surface area contributed by atoms with Gasteiger partial charge in [0.05, 0.1) is 13.5 Å². The van der Waals surface area contributed by atoms with Gasteiger partial charge in [-0.05, 0) is 23.3 Å². The van der Waals surface area contributed by atoms with Gasteiger partial charge in [-0.3, -0.25) is 4.79 Å². The number of carbonyl (C=O) groups is 1. The smallest absolute Gasteiger partial charge is 0.309 e. The molecule has 5 heteroatoms. The largest absolute Gasteiger partial charge is 0.469 e. The average molecular weight is 279 g/mol. The molecule has 0 amide bonds. The highest BCUT2D eigenvalue weighted by Gasteiger charge is 2.12. The Morgan fingerprint density at radius 1 is 1.33 bits per heavy atom. The third-order valence-corrected chi connectivity index (χ3v) is 2.55. The normalized spacial score (nSPS) is 10.1. The van der Waals surface area contributed by atoms with Crippen molar-refractivity contribution in [2.45, 2.75) is 11.8 Å². The summed E-state index contributed by atoms with van der Waals surface area (Å²) in [5.74, 6) is -2.36. The maximum Gasteiger partial charge on any atom is 0.309 e. The molecule has 0 fully saturated rings. The zero-order valence-electron chi connectivity index (χ0n) is 8.02. The topological polar surface area (TPSA) is 26.3 Å². The maximum atomic E-state index is 12.9. The van der Waals surface area contributed by atoms with Gasteiger partial charge in [0, 0.05) is 5.33 Å². The maximum absolute atomic E-state index is 12.9. The van der Waals surface area contributed by atoms with Crippen LogP contribution in [-0.2, 0) is 21.3 Å². The van der Waals surface area contributed by atoms with Gasteiger partial charge in [-0.15, -0.1) is 0 Å². The van der Waals surface area contributed by atoms with E-state index in [0.29, 0.717) is 16.5 Å². The average Bonchev–Trinajstić information content (AvgIpc) is 2.22. The Balaban J connectivity index is 3.05. The van der Waals surface area contributed by atoms with E-state index in [0.717, 1.165) is 12.1 Å². The van der Waals surface area contributed by atoms with Crippen LogP contribution in [0.15, 0.2) is 12.1 Å². The highest BCUT2D eigenvalue weighted by atomic mass is 79.9. The molecule has 0 bridgehead atoms. The molecule has 15 heavy (non-hydrogen) atoms. The molecule has 0 aliphatic rings. The lowest BCUT2D eigenvalue weighted by Gasteiger charge is -2.06. The van der Waals surface area contributed by atoms with Gasteiger partial charge in [0.2, 0.25) is 0 Å². The van der Waals surface area contributed by atoms with E-state index >= 15 is 0 Å². The number of alkyl halides is 1. The summed E-state index contributed by atoms with van der Waals surface area (Å²) in [6, 6.07) is 2.09. The molecule has 1 rings (SSSR count). The van der Waals surface area contributed by atoms with E-state index in [9.17, 15) is 13.6 Å². The van der Waals surface area contributed by atoms with Crippen molar-refractivity contribution >= 4 is 21.9 Å². The second-order valence-electron chi connectivity index (χ2n) is 2.92. The van der Waals surface area contributed by atoms with Crippen molar-refractivity contribution in [3.8, 4) is 0 Å². The lowest BCUT2D eigenvalue weighted by Crippen LogP contribution is -2.07. The standard InChI is InChI=1S/C10H9BrF2O2/c1-15-10(14)4-6-2-8(12)9(13)3-7(6)5-11/h2-3H,4-5H2,1H3. The number of hydrogen-bond acceptors (Lipinski definition) is 2. The SMILES string of the molecule is COC(=O)Cc1cc(F)c(F)cc1CBr. The fourth-order valence-corrected chi connectivity index (χ4v) is 1.67. The Labute approximate surface area is 94.4 Å². The Morgan fingerprint density at radius 3 is 2.33 bits per heavy atom. The zero-order valence-corrected chi connectivity index (χ0v) is 9.61. The number of ether oxygens (including phenoxy) is 1. The number of benzene rings is 1. The summed E-state index contributed by atoms with van der Waals surface area (Å²) in [6.07, 6.45) is -0.0609. The Bertz CT molecular complexity index is 380. The van der Waals surface area contributed by atoms with Crippen LogP contribution in [0.1, 0.15) is 11.1 Å². The Kier molecular flexibility index (Phi) is 4.20. The quantitative estimate of drug-likeness (QED) is 0.628. The van der Waals surface area contributed by atoms with E-state index in [-0.39, 0.29) is 6.42 Å². The van der Waals surface area contributed by atoms with Crippen molar-refractivity contribution in [1.82, 2.24) is 0 Å². The molecule has 0 heterocycles. The fraction of sp³-hybridized carbons (Fsp3) is 0.300. The monoisotopic (exact) mass is 278 g/mol. The Hall–Kier alpha value is -0.970.